The molecule has 1 saturated heterocycles. The number of hydrogen-bond acceptors (Lipinski definition) is 5. The third-order valence-electron chi connectivity index (χ3n) is 3.10. The average Bonchev–Trinajstić information content (AvgIpc) is 2.67. The van der Waals surface area contributed by atoms with Gasteiger partial charge in [0.15, 0.2) is 5.78 Å². The summed E-state index contributed by atoms with van der Waals surface area (Å²) < 4.78 is 5.26. The third kappa shape index (κ3) is 1.84. The number of Topliss-reactive ketones (excluding diaryl/α,β-unsaturated/α-hetero) is 1. The van der Waals surface area contributed by atoms with Gasteiger partial charge < -0.3 is 10.5 Å². The predicted octanol–water partition coefficient (Wildman–Crippen LogP) is -0.350. The van der Waals surface area contributed by atoms with E-state index in [2.05, 4.69) is 4.98 Å². The molecule has 18 heavy (non-hydrogen) atoms. The lowest BCUT2D eigenvalue weighted by Crippen LogP contribution is -2.29. The molecule has 0 radical (unpaired) electrons. The van der Waals surface area contributed by atoms with Crippen molar-refractivity contribution in [3.8, 4) is 5.75 Å². The maximum atomic E-state index is 11.7. The summed E-state index contributed by atoms with van der Waals surface area (Å²) in [6, 6.07) is 3.33. The van der Waals surface area contributed by atoms with E-state index >= 15 is 0 Å². The molecule has 94 valence electrons. The number of ether oxygens (including phenoxy) is 1. The van der Waals surface area contributed by atoms with Crippen molar-refractivity contribution in [3.05, 3.63) is 17.8 Å². The molecule has 2 N–H and O–H groups in total. The highest BCUT2D eigenvalue weighted by molar-refractivity contribution is 5.95. The molecule has 2 aliphatic heterocycles. The third-order valence-corrected chi connectivity index (χ3v) is 3.10. The van der Waals surface area contributed by atoms with Gasteiger partial charge in [0.1, 0.15) is 18.2 Å². The predicted molar refractivity (Wildman–Crippen MR) is 63.4 cm³/mol. The highest BCUT2D eigenvalue weighted by Crippen LogP contribution is 2.26. The monoisotopic (exact) mass is 247 g/mol. The van der Waals surface area contributed by atoms with Crippen LogP contribution >= 0.6 is 0 Å². The van der Waals surface area contributed by atoms with Crippen molar-refractivity contribution in [1.29, 1.82) is 0 Å². The molecular formula is C12H13N3O3. The lowest BCUT2D eigenvalue weighted by Gasteiger charge is -2.20. The Labute approximate surface area is 104 Å². The van der Waals surface area contributed by atoms with Gasteiger partial charge in [-0.25, -0.2) is 4.98 Å². The summed E-state index contributed by atoms with van der Waals surface area (Å²) in [4.78, 5) is 28.9. The Morgan fingerprint density at radius 2 is 2.22 bits per heavy atom. The molecule has 0 bridgehead atoms. The van der Waals surface area contributed by atoms with E-state index in [1.165, 1.54) is 0 Å². The van der Waals surface area contributed by atoms with Crippen molar-refractivity contribution < 1.29 is 14.3 Å². The smallest absolute Gasteiger partial charge is 0.229 e. The minimum absolute atomic E-state index is 0.00315. The number of carbonyl (C=O) groups excluding carboxylic acids is 2. The van der Waals surface area contributed by atoms with E-state index in [4.69, 9.17) is 10.5 Å². The van der Waals surface area contributed by atoms with Gasteiger partial charge in [-0.2, -0.15) is 0 Å². The Bertz CT molecular complexity index is 529. The molecule has 6 nitrogen and oxygen atoms in total. The number of rotatable bonds is 1. The van der Waals surface area contributed by atoms with Gasteiger partial charge in [0, 0.05) is 19.0 Å². The number of ketones is 1. The summed E-state index contributed by atoms with van der Waals surface area (Å²) in [5.74, 6) is 1.13. The molecule has 2 aliphatic rings. The summed E-state index contributed by atoms with van der Waals surface area (Å²) in [7, 11) is 0. The van der Waals surface area contributed by atoms with Crippen LogP contribution in [0.25, 0.3) is 0 Å². The molecule has 1 aromatic rings. The second-order valence-corrected chi connectivity index (χ2v) is 4.59. The molecule has 3 rings (SSSR count). The van der Waals surface area contributed by atoms with E-state index in [-0.39, 0.29) is 30.8 Å². The molecule has 1 aromatic heterocycles. The zero-order valence-electron chi connectivity index (χ0n) is 9.76. The van der Waals surface area contributed by atoms with Gasteiger partial charge in [-0.3, -0.25) is 14.5 Å². The first-order valence-corrected chi connectivity index (χ1v) is 5.84. The maximum Gasteiger partial charge on any atom is 0.229 e. The van der Waals surface area contributed by atoms with E-state index in [0.717, 1.165) is 0 Å². The number of amides is 1. The van der Waals surface area contributed by atoms with Gasteiger partial charge in [-0.15, -0.1) is 0 Å². The van der Waals surface area contributed by atoms with Crippen LogP contribution < -0.4 is 15.4 Å². The van der Waals surface area contributed by atoms with E-state index in [9.17, 15) is 9.59 Å². The molecule has 1 amide bonds. The number of aromatic nitrogens is 1. The van der Waals surface area contributed by atoms with Gasteiger partial charge in [-0.1, -0.05) is 0 Å². The molecule has 0 aromatic carbocycles. The zero-order chi connectivity index (χ0) is 12.7. The van der Waals surface area contributed by atoms with Crippen molar-refractivity contribution in [2.45, 2.75) is 18.9 Å². The fourth-order valence-corrected chi connectivity index (χ4v) is 2.24. The fourth-order valence-electron chi connectivity index (χ4n) is 2.24. The molecule has 3 heterocycles. The van der Waals surface area contributed by atoms with Gasteiger partial charge >= 0.3 is 0 Å². The Morgan fingerprint density at radius 3 is 2.94 bits per heavy atom. The molecular weight excluding hydrogens is 234 g/mol. The van der Waals surface area contributed by atoms with Crippen LogP contribution in [0.4, 0.5) is 5.82 Å². The number of hydrogen-bond donors (Lipinski definition) is 1. The first-order valence-electron chi connectivity index (χ1n) is 5.84. The molecule has 0 saturated carbocycles. The molecule has 0 spiro atoms. The van der Waals surface area contributed by atoms with Crippen molar-refractivity contribution >= 4 is 17.5 Å². The van der Waals surface area contributed by atoms with Crippen molar-refractivity contribution in [2.24, 2.45) is 5.73 Å². The molecule has 1 atom stereocenters. The first-order chi connectivity index (χ1) is 8.63. The molecule has 0 unspecified atom stereocenters. The number of pyridine rings is 1. The van der Waals surface area contributed by atoms with Crippen LogP contribution in [0.2, 0.25) is 0 Å². The molecule has 1 fully saturated rings. The quantitative estimate of drug-likeness (QED) is 0.733. The van der Waals surface area contributed by atoms with Crippen LogP contribution in [0.1, 0.15) is 12.1 Å². The van der Waals surface area contributed by atoms with Crippen molar-refractivity contribution in [3.63, 3.8) is 0 Å². The molecule has 0 aliphatic carbocycles. The van der Waals surface area contributed by atoms with Crippen LogP contribution in [-0.4, -0.2) is 35.9 Å². The van der Waals surface area contributed by atoms with Crippen LogP contribution in [0.15, 0.2) is 12.1 Å². The van der Waals surface area contributed by atoms with E-state index in [0.29, 0.717) is 30.2 Å². The van der Waals surface area contributed by atoms with Crippen LogP contribution in [0.5, 0.6) is 5.75 Å². The molecule has 6 heteroatoms. The highest BCUT2D eigenvalue weighted by atomic mass is 16.5. The number of nitrogens with zero attached hydrogens (tertiary/aromatic N) is 2. The lowest BCUT2D eigenvalue weighted by atomic mass is 10.1. The van der Waals surface area contributed by atoms with Gasteiger partial charge in [0.05, 0.1) is 12.1 Å². The van der Waals surface area contributed by atoms with Crippen LogP contribution in [0.3, 0.4) is 0 Å². The SMILES string of the molecule is N[C@H]1CC(=O)N(c2ccc3c(n2)CC(=O)CO3)C1. The van der Waals surface area contributed by atoms with Gasteiger partial charge in [0.25, 0.3) is 0 Å². The van der Waals surface area contributed by atoms with Crippen molar-refractivity contribution in [2.75, 3.05) is 18.1 Å². The minimum atomic E-state index is -0.145. The number of carbonyl (C=O) groups is 2. The zero-order valence-corrected chi connectivity index (χ0v) is 9.76. The van der Waals surface area contributed by atoms with Gasteiger partial charge in [-0.05, 0) is 12.1 Å². The second kappa shape index (κ2) is 4.06. The number of nitrogens with two attached hydrogens (primary N) is 1. The average molecular weight is 247 g/mol. The Morgan fingerprint density at radius 1 is 1.39 bits per heavy atom. The minimum Gasteiger partial charge on any atom is -0.484 e. The number of fused-ring (bicyclic) bond motifs is 1. The largest absolute Gasteiger partial charge is 0.484 e. The Balaban J connectivity index is 1.92. The number of anilines is 1. The Hall–Kier alpha value is -1.95. The van der Waals surface area contributed by atoms with E-state index in [1.807, 2.05) is 0 Å². The summed E-state index contributed by atoms with van der Waals surface area (Å²) in [5.41, 5.74) is 6.34. The summed E-state index contributed by atoms with van der Waals surface area (Å²) in [6.07, 6.45) is 0.603. The highest BCUT2D eigenvalue weighted by Gasteiger charge is 2.30. The standard InChI is InChI=1S/C12H13N3O3/c13-7-3-12(17)15(5-7)11-2-1-10-9(14-11)4-8(16)6-18-10/h1-2,7H,3-6,13H2/t7-/m0/s1. The van der Waals surface area contributed by atoms with E-state index in [1.54, 1.807) is 17.0 Å². The maximum absolute atomic E-state index is 11.7. The summed E-state index contributed by atoms with van der Waals surface area (Å²) in [5, 5.41) is 0. The summed E-state index contributed by atoms with van der Waals surface area (Å²) in [6.45, 7) is 0.570. The van der Waals surface area contributed by atoms with Crippen molar-refractivity contribution in [1.82, 2.24) is 4.98 Å². The first kappa shape index (κ1) is 11.2. The second-order valence-electron chi connectivity index (χ2n) is 4.59. The van der Waals surface area contributed by atoms with Crippen LogP contribution in [-0.2, 0) is 16.0 Å². The van der Waals surface area contributed by atoms with Crippen LogP contribution in [0, 0.1) is 0 Å². The fraction of sp³-hybridized carbons (Fsp3) is 0.417. The van der Waals surface area contributed by atoms with Gasteiger partial charge in [0.2, 0.25) is 5.91 Å². The normalized spacial score (nSPS) is 22.9. The summed E-state index contributed by atoms with van der Waals surface area (Å²) >= 11 is 0. The topological polar surface area (TPSA) is 85.5 Å². The lowest BCUT2D eigenvalue weighted by molar-refractivity contribution is -0.121. The Kier molecular flexibility index (Phi) is 2.52. The van der Waals surface area contributed by atoms with E-state index < -0.39 is 0 Å².